The van der Waals surface area contributed by atoms with Crippen molar-refractivity contribution in [3.63, 3.8) is 0 Å². The third-order valence-corrected chi connectivity index (χ3v) is 2.87. The Balaban J connectivity index is 2.24. The van der Waals surface area contributed by atoms with Gasteiger partial charge in [-0.15, -0.1) is 0 Å². The molecule has 2 rings (SSSR count). The molecule has 0 atom stereocenters. The maximum atomic E-state index is 6.01. The van der Waals surface area contributed by atoms with Gasteiger partial charge in [0.25, 0.3) is 0 Å². The normalized spacial score (nSPS) is 16.1. The van der Waals surface area contributed by atoms with E-state index in [1.165, 1.54) is 0 Å². The van der Waals surface area contributed by atoms with Gasteiger partial charge in [-0.05, 0) is 6.92 Å². The van der Waals surface area contributed by atoms with Crippen molar-refractivity contribution in [2.45, 2.75) is 6.92 Å². The predicted molar refractivity (Wildman–Crippen MR) is 66.3 cm³/mol. The van der Waals surface area contributed by atoms with Crippen LogP contribution in [0.5, 0.6) is 5.75 Å². The van der Waals surface area contributed by atoms with E-state index in [4.69, 9.17) is 32.7 Å². The number of morpholine rings is 1. The standard InChI is InChI=1S/C10H13Cl2N3O2/c1-2-17-7-8(11)13-10(14-9(7)12)15-3-5-16-6-4-15/h2-6H2,1H3. The number of ether oxygens (including phenoxy) is 2. The first-order chi connectivity index (χ1) is 8.22. The number of nitrogens with zero attached hydrogens (tertiary/aromatic N) is 3. The summed E-state index contributed by atoms with van der Waals surface area (Å²) in [6.07, 6.45) is 0. The summed E-state index contributed by atoms with van der Waals surface area (Å²) in [6, 6.07) is 0. The van der Waals surface area contributed by atoms with Crippen LogP contribution < -0.4 is 9.64 Å². The Morgan fingerprint density at radius 3 is 2.35 bits per heavy atom. The van der Waals surface area contributed by atoms with Crippen LogP contribution in [0.15, 0.2) is 0 Å². The lowest BCUT2D eigenvalue weighted by Gasteiger charge is -2.27. The van der Waals surface area contributed by atoms with Crippen LogP contribution in [-0.4, -0.2) is 42.9 Å². The van der Waals surface area contributed by atoms with Gasteiger partial charge in [0.2, 0.25) is 5.95 Å². The number of hydrogen-bond acceptors (Lipinski definition) is 5. The molecule has 0 radical (unpaired) electrons. The third-order valence-electron chi connectivity index (χ3n) is 2.35. The van der Waals surface area contributed by atoms with Gasteiger partial charge in [-0.2, -0.15) is 9.97 Å². The van der Waals surface area contributed by atoms with E-state index in [1.807, 2.05) is 11.8 Å². The SMILES string of the molecule is CCOc1c(Cl)nc(N2CCOCC2)nc1Cl. The van der Waals surface area contributed by atoms with Gasteiger partial charge in [-0.3, -0.25) is 0 Å². The predicted octanol–water partition coefficient (Wildman–Crippen LogP) is 2.02. The molecule has 0 bridgehead atoms. The van der Waals surface area contributed by atoms with Gasteiger partial charge in [0.1, 0.15) is 0 Å². The number of rotatable bonds is 3. The molecule has 0 N–H and O–H groups in total. The second-order valence-corrected chi connectivity index (χ2v) is 4.18. The molecule has 94 valence electrons. The summed E-state index contributed by atoms with van der Waals surface area (Å²) < 4.78 is 10.5. The van der Waals surface area contributed by atoms with Crippen molar-refractivity contribution in [3.8, 4) is 5.75 Å². The van der Waals surface area contributed by atoms with Crippen LogP contribution in [0.25, 0.3) is 0 Å². The smallest absolute Gasteiger partial charge is 0.228 e. The van der Waals surface area contributed by atoms with E-state index in [0.29, 0.717) is 31.5 Å². The summed E-state index contributed by atoms with van der Waals surface area (Å²) in [5.74, 6) is 0.861. The third kappa shape index (κ3) is 2.91. The van der Waals surface area contributed by atoms with Crippen LogP contribution >= 0.6 is 23.2 Å². The molecule has 0 aromatic carbocycles. The lowest BCUT2D eigenvalue weighted by atomic mass is 10.4. The van der Waals surface area contributed by atoms with Crippen molar-refractivity contribution >= 4 is 29.2 Å². The number of aromatic nitrogens is 2. The summed E-state index contributed by atoms with van der Waals surface area (Å²) in [5, 5.41) is 0.488. The fraction of sp³-hybridized carbons (Fsp3) is 0.600. The van der Waals surface area contributed by atoms with Crippen molar-refractivity contribution < 1.29 is 9.47 Å². The van der Waals surface area contributed by atoms with Gasteiger partial charge in [-0.25, -0.2) is 0 Å². The Bertz CT molecular complexity index is 374. The zero-order valence-electron chi connectivity index (χ0n) is 9.45. The average molecular weight is 278 g/mol. The molecule has 1 aliphatic rings. The highest BCUT2D eigenvalue weighted by Crippen LogP contribution is 2.31. The Morgan fingerprint density at radius 2 is 1.82 bits per heavy atom. The van der Waals surface area contributed by atoms with Gasteiger partial charge in [0.05, 0.1) is 19.8 Å². The summed E-state index contributed by atoms with van der Waals surface area (Å²) in [7, 11) is 0. The molecule has 1 saturated heterocycles. The molecule has 0 aliphatic carbocycles. The lowest BCUT2D eigenvalue weighted by molar-refractivity contribution is 0.122. The summed E-state index contributed by atoms with van der Waals surface area (Å²) in [6.45, 7) is 5.11. The molecule has 7 heteroatoms. The minimum absolute atomic E-state index is 0.244. The summed E-state index contributed by atoms with van der Waals surface area (Å²) in [5.41, 5.74) is 0. The maximum absolute atomic E-state index is 6.01. The highest BCUT2D eigenvalue weighted by Gasteiger charge is 2.18. The largest absolute Gasteiger partial charge is 0.488 e. The molecule has 1 fully saturated rings. The lowest BCUT2D eigenvalue weighted by Crippen LogP contribution is -2.37. The zero-order chi connectivity index (χ0) is 12.3. The van der Waals surface area contributed by atoms with Gasteiger partial charge in [-0.1, -0.05) is 23.2 Å². The summed E-state index contributed by atoms with van der Waals surface area (Å²) >= 11 is 12.0. The minimum atomic E-state index is 0.244. The molecule has 0 unspecified atom stereocenters. The molecular weight excluding hydrogens is 265 g/mol. The van der Waals surface area contributed by atoms with Gasteiger partial charge in [0, 0.05) is 13.1 Å². The molecule has 0 amide bonds. The van der Waals surface area contributed by atoms with Crippen LogP contribution in [0.2, 0.25) is 10.3 Å². The van der Waals surface area contributed by atoms with Crippen LogP contribution in [0, 0.1) is 0 Å². The Kier molecular flexibility index (Phi) is 4.25. The fourth-order valence-corrected chi connectivity index (χ4v) is 2.04. The number of anilines is 1. The van der Waals surface area contributed by atoms with Crippen molar-refractivity contribution in [2.75, 3.05) is 37.8 Å². The van der Waals surface area contributed by atoms with Gasteiger partial charge >= 0.3 is 0 Å². The van der Waals surface area contributed by atoms with Crippen LogP contribution in [0.1, 0.15) is 6.92 Å². The van der Waals surface area contributed by atoms with Gasteiger partial charge < -0.3 is 14.4 Å². The van der Waals surface area contributed by atoms with E-state index >= 15 is 0 Å². The summed E-state index contributed by atoms with van der Waals surface area (Å²) in [4.78, 5) is 10.4. The van der Waals surface area contributed by atoms with Crippen molar-refractivity contribution in [1.29, 1.82) is 0 Å². The van der Waals surface area contributed by atoms with Gasteiger partial charge in [0.15, 0.2) is 16.1 Å². The van der Waals surface area contributed by atoms with E-state index in [0.717, 1.165) is 13.1 Å². The molecule has 2 heterocycles. The fourth-order valence-electron chi connectivity index (χ4n) is 1.56. The number of halogens is 2. The second kappa shape index (κ2) is 5.71. The van der Waals surface area contributed by atoms with E-state index in [9.17, 15) is 0 Å². The first kappa shape index (κ1) is 12.7. The van der Waals surface area contributed by atoms with E-state index < -0.39 is 0 Å². The topological polar surface area (TPSA) is 47.5 Å². The molecule has 1 aromatic heterocycles. The highest BCUT2D eigenvalue weighted by molar-refractivity contribution is 6.35. The second-order valence-electron chi connectivity index (χ2n) is 3.47. The minimum Gasteiger partial charge on any atom is -0.488 e. The number of hydrogen-bond donors (Lipinski definition) is 0. The molecule has 1 aromatic rings. The van der Waals surface area contributed by atoms with Crippen molar-refractivity contribution in [2.24, 2.45) is 0 Å². The molecule has 1 aliphatic heterocycles. The van der Waals surface area contributed by atoms with Crippen LogP contribution in [0.3, 0.4) is 0 Å². The van der Waals surface area contributed by atoms with E-state index in [2.05, 4.69) is 9.97 Å². The highest BCUT2D eigenvalue weighted by atomic mass is 35.5. The maximum Gasteiger partial charge on any atom is 0.228 e. The molecule has 0 spiro atoms. The Labute approximate surface area is 110 Å². The quantitative estimate of drug-likeness (QED) is 0.792. The molecule has 5 nitrogen and oxygen atoms in total. The first-order valence-electron chi connectivity index (χ1n) is 5.41. The molecule has 0 saturated carbocycles. The zero-order valence-corrected chi connectivity index (χ0v) is 11.0. The van der Waals surface area contributed by atoms with Crippen LogP contribution in [-0.2, 0) is 4.74 Å². The van der Waals surface area contributed by atoms with E-state index in [-0.39, 0.29) is 10.3 Å². The van der Waals surface area contributed by atoms with Crippen molar-refractivity contribution in [3.05, 3.63) is 10.3 Å². The first-order valence-corrected chi connectivity index (χ1v) is 6.16. The van der Waals surface area contributed by atoms with Crippen molar-refractivity contribution in [1.82, 2.24) is 9.97 Å². The van der Waals surface area contributed by atoms with E-state index in [1.54, 1.807) is 0 Å². The Hall–Kier alpha value is -0.780. The van der Waals surface area contributed by atoms with Crippen LogP contribution in [0.4, 0.5) is 5.95 Å². The monoisotopic (exact) mass is 277 g/mol. The molecule has 17 heavy (non-hydrogen) atoms. The Morgan fingerprint density at radius 1 is 1.24 bits per heavy atom. The average Bonchev–Trinajstić information content (AvgIpc) is 2.35. The molecular formula is C10H13Cl2N3O2.